The fourth-order valence-corrected chi connectivity index (χ4v) is 3.09. The lowest BCUT2D eigenvalue weighted by molar-refractivity contribution is -0.134. The number of fused-ring (bicyclic) bond motifs is 1. The molecule has 0 bridgehead atoms. The van der Waals surface area contributed by atoms with Gasteiger partial charge in [0.05, 0.1) is 13.0 Å². The molecule has 1 aliphatic rings. The Morgan fingerprint density at radius 2 is 2.08 bits per heavy atom. The molecular formula is C19H19FN2O3. The van der Waals surface area contributed by atoms with Crippen LogP contribution >= 0.6 is 0 Å². The number of rotatable bonds is 4. The number of nitrogens with zero attached hydrogens (tertiary/aromatic N) is 1. The highest BCUT2D eigenvalue weighted by atomic mass is 19.1. The molecule has 6 heteroatoms. The molecule has 1 heterocycles. The molecule has 2 amide bonds. The van der Waals surface area contributed by atoms with Crippen molar-refractivity contribution in [3.63, 3.8) is 0 Å². The van der Waals surface area contributed by atoms with Crippen LogP contribution in [0.15, 0.2) is 42.5 Å². The van der Waals surface area contributed by atoms with Crippen LogP contribution < -0.4 is 10.1 Å². The third-order valence-corrected chi connectivity index (χ3v) is 4.33. The van der Waals surface area contributed by atoms with Gasteiger partial charge in [0.25, 0.3) is 0 Å². The summed E-state index contributed by atoms with van der Waals surface area (Å²) in [6, 6.07) is 11.6. The second kappa shape index (κ2) is 6.93. The molecule has 130 valence electrons. The smallest absolute Gasteiger partial charge is 0.230 e. The van der Waals surface area contributed by atoms with E-state index in [4.69, 9.17) is 4.74 Å². The predicted octanol–water partition coefficient (Wildman–Crippen LogP) is 2.92. The first-order valence-corrected chi connectivity index (χ1v) is 7.95. The summed E-state index contributed by atoms with van der Waals surface area (Å²) in [5.74, 6) is -0.847. The van der Waals surface area contributed by atoms with Crippen molar-refractivity contribution < 1.29 is 18.7 Å². The van der Waals surface area contributed by atoms with E-state index in [2.05, 4.69) is 5.32 Å². The summed E-state index contributed by atoms with van der Waals surface area (Å²) in [6.07, 6.45) is 0.0493. The van der Waals surface area contributed by atoms with Crippen LogP contribution in [0.1, 0.15) is 23.5 Å². The van der Waals surface area contributed by atoms with Gasteiger partial charge >= 0.3 is 0 Å². The molecule has 0 saturated heterocycles. The molecular weight excluding hydrogens is 323 g/mol. The average molecular weight is 342 g/mol. The van der Waals surface area contributed by atoms with E-state index in [1.165, 1.54) is 12.1 Å². The Morgan fingerprint density at radius 1 is 1.32 bits per heavy atom. The van der Waals surface area contributed by atoms with E-state index in [9.17, 15) is 14.0 Å². The topological polar surface area (TPSA) is 58.6 Å². The number of methoxy groups -OCH3 is 1. The summed E-state index contributed by atoms with van der Waals surface area (Å²) in [7, 11) is 3.27. The van der Waals surface area contributed by atoms with Gasteiger partial charge in [-0.25, -0.2) is 4.39 Å². The van der Waals surface area contributed by atoms with Gasteiger partial charge in [0.2, 0.25) is 11.8 Å². The average Bonchev–Trinajstić information content (AvgIpc) is 2.60. The fraction of sp³-hybridized carbons (Fsp3) is 0.263. The molecule has 2 aromatic carbocycles. The summed E-state index contributed by atoms with van der Waals surface area (Å²) in [5, 5.41) is 2.62. The zero-order valence-electron chi connectivity index (χ0n) is 14.1. The quantitative estimate of drug-likeness (QED) is 0.929. The van der Waals surface area contributed by atoms with Gasteiger partial charge in [-0.05, 0) is 23.8 Å². The third kappa shape index (κ3) is 3.47. The number of benzene rings is 2. The first-order chi connectivity index (χ1) is 12.0. The minimum absolute atomic E-state index is 0.0493. The number of carbonyl (C=O) groups excluding carboxylic acids is 2. The van der Waals surface area contributed by atoms with Crippen LogP contribution in [-0.4, -0.2) is 30.9 Å². The summed E-state index contributed by atoms with van der Waals surface area (Å²) < 4.78 is 18.7. The van der Waals surface area contributed by atoms with Gasteiger partial charge in [0.1, 0.15) is 11.6 Å². The molecule has 1 atom stereocenters. The predicted molar refractivity (Wildman–Crippen MR) is 91.9 cm³/mol. The standard InChI is InChI=1S/C19H19FN2O3/c1-22(11-12-5-3-4-6-17(12)25-2)19(24)15-10-18(23)21-16-9-13(20)7-8-14(15)16/h3-9,15H,10-11H2,1-2H3,(H,21,23). The number of carbonyl (C=O) groups is 2. The highest BCUT2D eigenvalue weighted by Crippen LogP contribution is 2.34. The zero-order chi connectivity index (χ0) is 18.0. The SMILES string of the molecule is COc1ccccc1CN(C)C(=O)C1CC(=O)Nc2cc(F)ccc21. The molecule has 5 nitrogen and oxygen atoms in total. The van der Waals surface area contributed by atoms with Crippen LogP contribution in [0.4, 0.5) is 10.1 Å². The van der Waals surface area contributed by atoms with Crippen molar-refractivity contribution in [2.45, 2.75) is 18.9 Å². The molecule has 3 rings (SSSR count). The number of hydrogen-bond donors (Lipinski definition) is 1. The van der Waals surface area contributed by atoms with Gasteiger partial charge < -0.3 is 15.0 Å². The summed E-state index contributed by atoms with van der Waals surface area (Å²) in [6.45, 7) is 0.359. The van der Waals surface area contributed by atoms with Crippen molar-refractivity contribution in [2.24, 2.45) is 0 Å². The molecule has 0 radical (unpaired) electrons. The number of likely N-dealkylation sites (N-methyl/N-ethyl adjacent to an activating group) is 1. The van der Waals surface area contributed by atoms with E-state index in [1.807, 2.05) is 24.3 Å². The van der Waals surface area contributed by atoms with E-state index < -0.39 is 11.7 Å². The third-order valence-electron chi connectivity index (χ3n) is 4.33. The summed E-state index contributed by atoms with van der Waals surface area (Å²) in [5.41, 5.74) is 1.87. The molecule has 0 spiro atoms. The molecule has 1 N–H and O–H groups in total. The van der Waals surface area contributed by atoms with Gasteiger partial charge in [-0.2, -0.15) is 0 Å². The van der Waals surface area contributed by atoms with E-state index in [1.54, 1.807) is 25.1 Å². The summed E-state index contributed by atoms with van der Waals surface area (Å²) >= 11 is 0. The monoisotopic (exact) mass is 342 g/mol. The van der Waals surface area contributed by atoms with E-state index in [0.717, 1.165) is 5.56 Å². The van der Waals surface area contributed by atoms with Gasteiger partial charge in [-0.1, -0.05) is 24.3 Å². The fourth-order valence-electron chi connectivity index (χ4n) is 3.09. The van der Waals surface area contributed by atoms with Crippen molar-refractivity contribution in [2.75, 3.05) is 19.5 Å². The van der Waals surface area contributed by atoms with Gasteiger partial charge in [-0.15, -0.1) is 0 Å². The molecule has 25 heavy (non-hydrogen) atoms. The Hall–Kier alpha value is -2.89. The highest BCUT2D eigenvalue weighted by molar-refractivity contribution is 6.01. The minimum atomic E-state index is -0.621. The van der Waals surface area contributed by atoms with Crippen LogP contribution in [0.5, 0.6) is 5.75 Å². The number of halogens is 1. The number of hydrogen-bond acceptors (Lipinski definition) is 3. The molecule has 1 aliphatic heterocycles. The largest absolute Gasteiger partial charge is 0.496 e. The Morgan fingerprint density at radius 3 is 2.84 bits per heavy atom. The van der Waals surface area contributed by atoms with Crippen molar-refractivity contribution in [3.8, 4) is 5.75 Å². The van der Waals surface area contributed by atoms with Crippen molar-refractivity contribution >= 4 is 17.5 Å². The molecule has 1 unspecified atom stereocenters. The number of amides is 2. The zero-order valence-corrected chi connectivity index (χ0v) is 14.1. The van der Waals surface area contributed by atoms with Crippen LogP contribution in [0.2, 0.25) is 0 Å². The highest BCUT2D eigenvalue weighted by Gasteiger charge is 2.32. The normalized spacial score (nSPS) is 16.0. The molecule has 0 aromatic heterocycles. The van der Waals surface area contributed by atoms with Crippen LogP contribution in [0.3, 0.4) is 0 Å². The second-order valence-corrected chi connectivity index (χ2v) is 6.04. The van der Waals surface area contributed by atoms with E-state index in [-0.39, 0.29) is 18.2 Å². The second-order valence-electron chi connectivity index (χ2n) is 6.04. The lowest BCUT2D eigenvalue weighted by atomic mass is 9.89. The maximum atomic E-state index is 13.4. The van der Waals surface area contributed by atoms with Gasteiger partial charge in [0.15, 0.2) is 0 Å². The van der Waals surface area contributed by atoms with Crippen LogP contribution in [0, 0.1) is 5.82 Å². The number of nitrogens with one attached hydrogen (secondary N) is 1. The first-order valence-electron chi connectivity index (χ1n) is 7.95. The van der Waals surface area contributed by atoms with Crippen molar-refractivity contribution in [1.82, 2.24) is 4.90 Å². The number of ether oxygens (including phenoxy) is 1. The van der Waals surface area contributed by atoms with Gasteiger partial charge in [-0.3, -0.25) is 9.59 Å². The number of anilines is 1. The lowest BCUT2D eigenvalue weighted by Gasteiger charge is -2.29. The molecule has 0 aliphatic carbocycles. The molecule has 2 aromatic rings. The van der Waals surface area contributed by atoms with Crippen molar-refractivity contribution in [1.29, 1.82) is 0 Å². The summed E-state index contributed by atoms with van der Waals surface area (Å²) in [4.78, 5) is 26.4. The Balaban J connectivity index is 1.84. The maximum absolute atomic E-state index is 13.4. The first kappa shape index (κ1) is 17.0. The van der Waals surface area contributed by atoms with Crippen molar-refractivity contribution in [3.05, 3.63) is 59.4 Å². The van der Waals surface area contributed by atoms with Crippen LogP contribution in [0.25, 0.3) is 0 Å². The Labute approximate surface area is 145 Å². The minimum Gasteiger partial charge on any atom is -0.496 e. The van der Waals surface area contributed by atoms with Crippen LogP contribution in [-0.2, 0) is 16.1 Å². The van der Waals surface area contributed by atoms with E-state index >= 15 is 0 Å². The molecule has 0 fully saturated rings. The van der Waals surface area contributed by atoms with Gasteiger partial charge in [0, 0.05) is 31.3 Å². The maximum Gasteiger partial charge on any atom is 0.230 e. The molecule has 0 saturated carbocycles. The Kier molecular flexibility index (Phi) is 4.70. The van der Waals surface area contributed by atoms with E-state index in [0.29, 0.717) is 23.5 Å². The Bertz CT molecular complexity index is 822. The number of para-hydroxylation sites is 1. The lowest BCUT2D eigenvalue weighted by Crippen LogP contribution is -2.36.